The lowest BCUT2D eigenvalue weighted by Gasteiger charge is -2.10. The lowest BCUT2D eigenvalue weighted by atomic mass is 9.97. The van der Waals surface area contributed by atoms with E-state index in [1.54, 1.807) is 0 Å². The molecule has 0 saturated heterocycles. The van der Waals surface area contributed by atoms with Crippen LogP contribution in [0.5, 0.6) is 0 Å². The van der Waals surface area contributed by atoms with Crippen molar-refractivity contribution in [2.24, 2.45) is 0 Å². The molecule has 0 unspecified atom stereocenters. The molecule has 3 aromatic rings. The molecule has 0 nitrogen and oxygen atoms in total. The average molecular weight is 466 g/mol. The molecule has 0 radical (unpaired) electrons. The van der Waals surface area contributed by atoms with Gasteiger partial charge in [0.15, 0.2) is 0 Å². The number of allylic oxidation sites excluding steroid dienone is 1. The molecule has 3 rings (SSSR count). The Morgan fingerprint density at radius 1 is 0.697 bits per heavy atom. The van der Waals surface area contributed by atoms with Gasteiger partial charge in [-0.25, -0.2) is 17.6 Å². The Bertz CT molecular complexity index is 1100. The molecular formula is C26H21F7. The topological polar surface area (TPSA) is 0 Å². The van der Waals surface area contributed by atoms with Crippen molar-refractivity contribution < 1.29 is 30.7 Å². The summed E-state index contributed by atoms with van der Waals surface area (Å²) in [5, 5.41) is 0. The maximum atomic E-state index is 14.6. The number of aryl methyl sites for hydroxylation is 1. The third-order valence-corrected chi connectivity index (χ3v) is 5.20. The number of halogens is 7. The quantitative estimate of drug-likeness (QED) is 0.241. The number of rotatable bonds is 7. The average Bonchev–Trinajstić information content (AvgIpc) is 2.72. The second-order valence-electron chi connectivity index (χ2n) is 7.70. The van der Waals surface area contributed by atoms with Crippen molar-refractivity contribution in [1.29, 1.82) is 0 Å². The molecule has 174 valence electrons. The number of hydrogen-bond donors (Lipinski definition) is 0. The van der Waals surface area contributed by atoms with Crippen molar-refractivity contribution in [1.82, 2.24) is 0 Å². The molecule has 0 heterocycles. The van der Waals surface area contributed by atoms with E-state index in [1.165, 1.54) is 36.4 Å². The van der Waals surface area contributed by atoms with Crippen LogP contribution in [0.25, 0.3) is 28.3 Å². The normalized spacial score (nSPS) is 12.0. The standard InChI is InChI=1S/C26H21F7/c1-2-3-4-5-16-12-23(29)25(24(30)13-16)18-8-6-17(7-9-18)19-14-21(27)20(22(28)15-19)10-11-26(31,32)33/h6-15H,2-5H2,1H3. The van der Waals surface area contributed by atoms with E-state index in [0.29, 0.717) is 23.6 Å². The fourth-order valence-electron chi connectivity index (χ4n) is 3.54. The van der Waals surface area contributed by atoms with Gasteiger partial charge in [0.05, 0.1) is 5.56 Å². The summed E-state index contributed by atoms with van der Waals surface area (Å²) in [5.41, 5.74) is 0.221. The molecule has 0 saturated carbocycles. The van der Waals surface area contributed by atoms with Crippen LogP contribution in [0.1, 0.15) is 37.3 Å². The van der Waals surface area contributed by atoms with Gasteiger partial charge in [0, 0.05) is 11.6 Å². The summed E-state index contributed by atoms with van der Waals surface area (Å²) >= 11 is 0. The lowest BCUT2D eigenvalue weighted by Crippen LogP contribution is -2.01. The Balaban J connectivity index is 1.87. The molecule has 0 fully saturated rings. The molecule has 0 aromatic heterocycles. The lowest BCUT2D eigenvalue weighted by molar-refractivity contribution is -0.0790. The van der Waals surface area contributed by atoms with Crippen LogP contribution in [0.4, 0.5) is 30.7 Å². The number of benzene rings is 3. The highest BCUT2D eigenvalue weighted by atomic mass is 19.4. The zero-order valence-electron chi connectivity index (χ0n) is 17.7. The van der Waals surface area contributed by atoms with E-state index in [1.807, 2.05) is 6.92 Å². The van der Waals surface area contributed by atoms with Crippen LogP contribution in [0.2, 0.25) is 0 Å². The number of unbranched alkanes of at least 4 members (excludes halogenated alkanes) is 2. The highest BCUT2D eigenvalue weighted by molar-refractivity contribution is 5.72. The van der Waals surface area contributed by atoms with Gasteiger partial charge in [-0.05, 0) is 65.4 Å². The summed E-state index contributed by atoms with van der Waals surface area (Å²) in [6.45, 7) is 2.04. The Morgan fingerprint density at radius 2 is 1.24 bits per heavy atom. The molecule has 0 atom stereocenters. The Morgan fingerprint density at radius 3 is 1.76 bits per heavy atom. The fourth-order valence-corrected chi connectivity index (χ4v) is 3.54. The summed E-state index contributed by atoms with van der Waals surface area (Å²) in [6.07, 6.45) is -1.25. The van der Waals surface area contributed by atoms with E-state index in [4.69, 9.17) is 0 Å². The fraction of sp³-hybridized carbons (Fsp3) is 0.231. The van der Waals surface area contributed by atoms with Gasteiger partial charge in [-0.2, -0.15) is 13.2 Å². The van der Waals surface area contributed by atoms with Gasteiger partial charge >= 0.3 is 6.18 Å². The largest absolute Gasteiger partial charge is 0.409 e. The first-order valence-corrected chi connectivity index (χ1v) is 10.4. The minimum atomic E-state index is -4.70. The number of alkyl halides is 3. The highest BCUT2D eigenvalue weighted by Crippen LogP contribution is 2.31. The summed E-state index contributed by atoms with van der Waals surface area (Å²) in [5.74, 6) is -3.73. The Labute approximate surface area is 187 Å². The van der Waals surface area contributed by atoms with Crippen LogP contribution in [-0.2, 0) is 6.42 Å². The van der Waals surface area contributed by atoms with Crippen LogP contribution in [0.3, 0.4) is 0 Å². The smallest absolute Gasteiger partial charge is 0.206 e. The van der Waals surface area contributed by atoms with E-state index in [0.717, 1.165) is 31.4 Å². The zero-order valence-corrected chi connectivity index (χ0v) is 17.7. The maximum Gasteiger partial charge on any atom is 0.409 e. The van der Waals surface area contributed by atoms with Gasteiger partial charge < -0.3 is 0 Å². The minimum absolute atomic E-state index is 0.0768. The third-order valence-electron chi connectivity index (χ3n) is 5.20. The zero-order chi connectivity index (χ0) is 24.2. The van der Waals surface area contributed by atoms with Crippen molar-refractivity contribution in [3.05, 3.63) is 89.0 Å². The van der Waals surface area contributed by atoms with Crippen LogP contribution in [-0.4, -0.2) is 6.18 Å². The van der Waals surface area contributed by atoms with E-state index >= 15 is 0 Å². The monoisotopic (exact) mass is 466 g/mol. The molecule has 7 heteroatoms. The predicted octanol–water partition coefficient (Wildman–Crippen LogP) is 8.89. The number of hydrogen-bond acceptors (Lipinski definition) is 0. The van der Waals surface area contributed by atoms with Gasteiger partial charge in [-0.1, -0.05) is 44.0 Å². The summed E-state index contributed by atoms with van der Waals surface area (Å²) in [4.78, 5) is 0. The highest BCUT2D eigenvalue weighted by Gasteiger charge is 2.23. The van der Waals surface area contributed by atoms with E-state index in [9.17, 15) is 30.7 Å². The summed E-state index contributed by atoms with van der Waals surface area (Å²) < 4.78 is 94.5. The van der Waals surface area contributed by atoms with Crippen LogP contribution < -0.4 is 0 Å². The van der Waals surface area contributed by atoms with Crippen molar-refractivity contribution >= 4 is 6.08 Å². The maximum absolute atomic E-state index is 14.6. The van der Waals surface area contributed by atoms with Gasteiger partial charge in [0.25, 0.3) is 0 Å². The second-order valence-corrected chi connectivity index (χ2v) is 7.70. The summed E-state index contributed by atoms with van der Waals surface area (Å²) in [7, 11) is 0. The molecule has 0 aliphatic rings. The first-order valence-electron chi connectivity index (χ1n) is 10.4. The molecular weight excluding hydrogens is 445 g/mol. The minimum Gasteiger partial charge on any atom is -0.206 e. The van der Waals surface area contributed by atoms with Crippen LogP contribution in [0.15, 0.2) is 54.6 Å². The second kappa shape index (κ2) is 10.2. The molecule has 0 aliphatic heterocycles. The Kier molecular flexibility index (Phi) is 7.61. The van der Waals surface area contributed by atoms with Crippen molar-refractivity contribution in [3.63, 3.8) is 0 Å². The molecule has 33 heavy (non-hydrogen) atoms. The van der Waals surface area contributed by atoms with E-state index in [-0.39, 0.29) is 22.8 Å². The van der Waals surface area contributed by atoms with Crippen LogP contribution in [0, 0.1) is 23.3 Å². The first-order chi connectivity index (χ1) is 15.6. The van der Waals surface area contributed by atoms with E-state index < -0.39 is 35.0 Å². The van der Waals surface area contributed by atoms with Crippen molar-refractivity contribution in [2.75, 3.05) is 0 Å². The SMILES string of the molecule is CCCCCc1cc(F)c(-c2ccc(-c3cc(F)c(C=CC(F)(F)F)c(F)c3)cc2)c(F)c1. The molecule has 0 aliphatic carbocycles. The molecule has 0 N–H and O–H groups in total. The van der Waals surface area contributed by atoms with Crippen molar-refractivity contribution in [3.8, 4) is 22.3 Å². The van der Waals surface area contributed by atoms with Gasteiger partial charge in [-0.3, -0.25) is 0 Å². The molecule has 3 aromatic carbocycles. The summed E-state index contributed by atoms with van der Waals surface area (Å²) in [6, 6.07) is 10.1. The Hall–Kier alpha value is -3.09. The molecule has 0 spiro atoms. The van der Waals surface area contributed by atoms with Gasteiger partial charge in [-0.15, -0.1) is 0 Å². The first kappa shape index (κ1) is 24.6. The van der Waals surface area contributed by atoms with Gasteiger partial charge in [0.2, 0.25) is 0 Å². The van der Waals surface area contributed by atoms with Crippen molar-refractivity contribution in [2.45, 2.75) is 38.8 Å². The molecule has 0 amide bonds. The van der Waals surface area contributed by atoms with Crippen LogP contribution >= 0.6 is 0 Å². The predicted molar refractivity (Wildman–Crippen MR) is 115 cm³/mol. The molecule has 0 bridgehead atoms. The van der Waals surface area contributed by atoms with Gasteiger partial charge in [0.1, 0.15) is 23.3 Å². The van der Waals surface area contributed by atoms with E-state index in [2.05, 4.69) is 0 Å². The third kappa shape index (κ3) is 6.24.